The fraction of sp³-hybridized carbons (Fsp3) is 0.636. The number of rotatable bonds is 2. The van der Waals surface area contributed by atoms with Crippen molar-refractivity contribution >= 4 is 5.69 Å². The van der Waals surface area contributed by atoms with Gasteiger partial charge in [0.1, 0.15) is 0 Å². The Hall–Kier alpha value is -1.16. The Kier molecular flexibility index (Phi) is 3.16. The summed E-state index contributed by atoms with van der Waals surface area (Å²) in [6, 6.07) is 1.96. The fourth-order valence-corrected chi connectivity index (χ4v) is 2.14. The molecule has 2 rings (SSSR count). The third-order valence-corrected chi connectivity index (χ3v) is 3.15. The lowest BCUT2D eigenvalue weighted by Crippen LogP contribution is -2.32. The van der Waals surface area contributed by atoms with E-state index in [4.69, 9.17) is 5.73 Å². The van der Waals surface area contributed by atoms with Crippen LogP contribution in [0.15, 0.2) is 12.3 Å². The Bertz CT molecular complexity index is 318. The van der Waals surface area contributed by atoms with E-state index in [-0.39, 0.29) is 0 Å². The third-order valence-electron chi connectivity index (χ3n) is 3.15. The smallest absolute Gasteiger partial charge is 0.0726 e. The van der Waals surface area contributed by atoms with Gasteiger partial charge in [-0.05, 0) is 38.5 Å². The zero-order valence-electron chi connectivity index (χ0n) is 9.19. The van der Waals surface area contributed by atoms with Gasteiger partial charge in [0.2, 0.25) is 0 Å². The van der Waals surface area contributed by atoms with E-state index in [1.165, 1.54) is 12.8 Å². The molecule has 0 radical (unpaired) electrons. The third kappa shape index (κ3) is 2.45. The molecule has 0 amide bonds. The van der Waals surface area contributed by atoms with Crippen molar-refractivity contribution in [3.63, 3.8) is 0 Å². The molecule has 0 atom stereocenters. The summed E-state index contributed by atoms with van der Waals surface area (Å²) in [6.45, 7) is 5.69. The van der Waals surface area contributed by atoms with E-state index < -0.39 is 0 Å². The van der Waals surface area contributed by atoms with Crippen LogP contribution >= 0.6 is 0 Å². The largest absolute Gasteiger partial charge is 0.397 e. The van der Waals surface area contributed by atoms with Crippen molar-refractivity contribution in [3.05, 3.63) is 18.0 Å². The van der Waals surface area contributed by atoms with Crippen molar-refractivity contribution in [2.45, 2.75) is 25.7 Å². The molecule has 2 N–H and O–H groups in total. The molecular formula is C11H18N4. The average molecular weight is 206 g/mol. The second kappa shape index (κ2) is 4.57. The molecule has 0 spiro atoms. The van der Waals surface area contributed by atoms with Crippen LogP contribution in [-0.2, 0) is 0 Å². The highest BCUT2D eigenvalue weighted by Gasteiger charge is 2.20. The van der Waals surface area contributed by atoms with Crippen molar-refractivity contribution in [1.82, 2.24) is 15.1 Å². The van der Waals surface area contributed by atoms with E-state index >= 15 is 0 Å². The lowest BCUT2D eigenvalue weighted by atomic mass is 9.93. The molecule has 0 unspecified atom stereocenters. The van der Waals surface area contributed by atoms with Crippen LogP contribution < -0.4 is 5.73 Å². The number of anilines is 1. The highest BCUT2D eigenvalue weighted by molar-refractivity contribution is 5.35. The van der Waals surface area contributed by atoms with E-state index in [0.29, 0.717) is 5.92 Å². The minimum absolute atomic E-state index is 0.545. The van der Waals surface area contributed by atoms with Crippen molar-refractivity contribution in [3.8, 4) is 0 Å². The number of hydrogen-bond acceptors (Lipinski definition) is 4. The van der Waals surface area contributed by atoms with Gasteiger partial charge < -0.3 is 10.6 Å². The second-order valence-electron chi connectivity index (χ2n) is 4.12. The molecule has 15 heavy (non-hydrogen) atoms. The molecule has 2 heterocycles. The van der Waals surface area contributed by atoms with Gasteiger partial charge in [-0.3, -0.25) is 0 Å². The van der Waals surface area contributed by atoms with Gasteiger partial charge in [-0.15, -0.1) is 0 Å². The highest BCUT2D eigenvalue weighted by atomic mass is 15.1. The van der Waals surface area contributed by atoms with Crippen molar-refractivity contribution in [2.24, 2.45) is 0 Å². The molecule has 4 heteroatoms. The van der Waals surface area contributed by atoms with E-state index in [0.717, 1.165) is 31.0 Å². The molecule has 0 aliphatic carbocycles. The molecule has 0 aromatic carbocycles. The van der Waals surface area contributed by atoms with Crippen LogP contribution in [0.4, 0.5) is 5.69 Å². The molecule has 1 aromatic rings. The standard InChI is InChI=1S/C11H18N4/c1-2-15-5-3-9(4-6-15)11-7-10(12)8-13-14-11/h7-9H,2-6H2,1H3,(H2,12,14). The Balaban J connectivity index is 2.01. The Morgan fingerprint density at radius 2 is 2.20 bits per heavy atom. The number of hydrogen-bond donors (Lipinski definition) is 1. The molecule has 1 saturated heterocycles. The summed E-state index contributed by atoms with van der Waals surface area (Å²) in [7, 11) is 0. The number of likely N-dealkylation sites (tertiary alicyclic amines) is 1. The molecule has 1 fully saturated rings. The SMILES string of the molecule is CCN1CCC(c2cc(N)cnn2)CC1. The van der Waals surface area contributed by atoms with Crippen LogP contribution in [0, 0.1) is 0 Å². The minimum Gasteiger partial charge on any atom is -0.397 e. The van der Waals surface area contributed by atoms with Crippen LogP contribution in [0.25, 0.3) is 0 Å². The van der Waals surface area contributed by atoms with Crippen LogP contribution in [0.3, 0.4) is 0 Å². The van der Waals surface area contributed by atoms with Crippen LogP contribution in [-0.4, -0.2) is 34.7 Å². The summed E-state index contributed by atoms with van der Waals surface area (Å²) in [5.41, 5.74) is 7.49. The minimum atomic E-state index is 0.545. The molecule has 1 aromatic heterocycles. The summed E-state index contributed by atoms with van der Waals surface area (Å²) in [5.74, 6) is 0.545. The first-order chi connectivity index (χ1) is 7.29. The van der Waals surface area contributed by atoms with Gasteiger partial charge in [0.05, 0.1) is 17.6 Å². The van der Waals surface area contributed by atoms with Crippen LogP contribution in [0.5, 0.6) is 0 Å². The van der Waals surface area contributed by atoms with E-state index in [1.54, 1.807) is 6.20 Å². The van der Waals surface area contributed by atoms with Crippen LogP contribution in [0.2, 0.25) is 0 Å². The first kappa shape index (κ1) is 10.4. The summed E-state index contributed by atoms with van der Waals surface area (Å²) in [4.78, 5) is 2.47. The van der Waals surface area contributed by atoms with Crippen molar-refractivity contribution < 1.29 is 0 Å². The normalized spacial score (nSPS) is 19.3. The number of piperidine rings is 1. The maximum atomic E-state index is 5.71. The van der Waals surface area contributed by atoms with E-state index in [1.807, 2.05) is 6.07 Å². The Labute approximate surface area is 90.5 Å². The van der Waals surface area contributed by atoms with E-state index in [2.05, 4.69) is 22.0 Å². The number of nitrogens with zero attached hydrogens (tertiary/aromatic N) is 3. The van der Waals surface area contributed by atoms with Gasteiger partial charge in [-0.2, -0.15) is 10.2 Å². The van der Waals surface area contributed by atoms with Gasteiger partial charge in [0, 0.05) is 5.92 Å². The molecule has 0 bridgehead atoms. The van der Waals surface area contributed by atoms with Gasteiger partial charge in [0.15, 0.2) is 0 Å². The first-order valence-corrected chi connectivity index (χ1v) is 5.60. The highest BCUT2D eigenvalue weighted by Crippen LogP contribution is 2.26. The lowest BCUT2D eigenvalue weighted by molar-refractivity contribution is 0.220. The quantitative estimate of drug-likeness (QED) is 0.791. The average Bonchev–Trinajstić information content (AvgIpc) is 2.29. The predicted molar refractivity (Wildman–Crippen MR) is 60.5 cm³/mol. The van der Waals surface area contributed by atoms with Gasteiger partial charge >= 0.3 is 0 Å². The van der Waals surface area contributed by atoms with Gasteiger partial charge in [-0.1, -0.05) is 6.92 Å². The zero-order valence-corrected chi connectivity index (χ0v) is 9.19. The van der Waals surface area contributed by atoms with Gasteiger partial charge in [-0.25, -0.2) is 0 Å². The molecule has 82 valence electrons. The maximum absolute atomic E-state index is 5.71. The molecule has 0 saturated carbocycles. The monoisotopic (exact) mass is 206 g/mol. The number of aromatic nitrogens is 2. The maximum Gasteiger partial charge on any atom is 0.0726 e. The zero-order chi connectivity index (χ0) is 10.7. The summed E-state index contributed by atoms with van der Waals surface area (Å²) >= 11 is 0. The Morgan fingerprint density at radius 3 is 2.80 bits per heavy atom. The first-order valence-electron chi connectivity index (χ1n) is 5.60. The molecular weight excluding hydrogens is 188 g/mol. The molecule has 4 nitrogen and oxygen atoms in total. The number of nitrogen functional groups attached to an aromatic ring is 1. The second-order valence-corrected chi connectivity index (χ2v) is 4.12. The van der Waals surface area contributed by atoms with Crippen molar-refractivity contribution in [2.75, 3.05) is 25.4 Å². The summed E-state index contributed by atoms with van der Waals surface area (Å²) < 4.78 is 0. The molecule has 1 aliphatic rings. The lowest BCUT2D eigenvalue weighted by Gasteiger charge is -2.30. The van der Waals surface area contributed by atoms with Crippen molar-refractivity contribution in [1.29, 1.82) is 0 Å². The van der Waals surface area contributed by atoms with Gasteiger partial charge in [0.25, 0.3) is 0 Å². The summed E-state index contributed by atoms with van der Waals surface area (Å²) in [6.07, 6.45) is 3.95. The van der Waals surface area contributed by atoms with Crippen LogP contribution in [0.1, 0.15) is 31.4 Å². The van der Waals surface area contributed by atoms with E-state index in [9.17, 15) is 0 Å². The topological polar surface area (TPSA) is 55.0 Å². The Morgan fingerprint density at radius 1 is 1.47 bits per heavy atom. The molecule has 1 aliphatic heterocycles. The predicted octanol–water partition coefficient (Wildman–Crippen LogP) is 1.26. The number of nitrogens with two attached hydrogens (primary N) is 1. The fourth-order valence-electron chi connectivity index (χ4n) is 2.14. The summed E-state index contributed by atoms with van der Waals surface area (Å²) in [5, 5.41) is 8.08.